The van der Waals surface area contributed by atoms with Gasteiger partial charge in [-0.1, -0.05) is 12.1 Å². The maximum absolute atomic E-state index is 12.4. The van der Waals surface area contributed by atoms with Gasteiger partial charge in [0, 0.05) is 7.05 Å². The summed E-state index contributed by atoms with van der Waals surface area (Å²) < 4.78 is 37.3. The van der Waals surface area contributed by atoms with Crippen LogP contribution in [0.25, 0.3) is 0 Å². The first-order chi connectivity index (χ1) is 9.20. The van der Waals surface area contributed by atoms with Crippen LogP contribution in [0, 0.1) is 11.3 Å². The second-order valence-electron chi connectivity index (χ2n) is 3.88. The minimum absolute atomic E-state index is 0.222. The Morgan fingerprint density at radius 1 is 1.20 bits per heavy atom. The molecule has 0 aromatic heterocycles. The standard InChI is InChI=1S/C12H10F3N3O2/c1-18-10(20)11(6-16,9(17)19)7-2-4-8(5-3-7)12(13,14)15/h2-5H,1H3,(H2,17,19)(H,18,20). The van der Waals surface area contributed by atoms with Crippen molar-refractivity contribution in [3.8, 4) is 6.07 Å². The molecule has 1 aromatic carbocycles. The molecule has 0 aliphatic rings. The Balaban J connectivity index is 3.42. The third kappa shape index (κ3) is 2.42. The number of rotatable bonds is 3. The van der Waals surface area contributed by atoms with Gasteiger partial charge in [-0.05, 0) is 17.7 Å². The molecular weight excluding hydrogens is 275 g/mol. The summed E-state index contributed by atoms with van der Waals surface area (Å²) in [5.41, 5.74) is 1.52. The smallest absolute Gasteiger partial charge is 0.368 e. The van der Waals surface area contributed by atoms with E-state index in [0.29, 0.717) is 12.1 Å². The van der Waals surface area contributed by atoms with Crippen LogP contribution >= 0.6 is 0 Å². The van der Waals surface area contributed by atoms with Crippen molar-refractivity contribution in [3.63, 3.8) is 0 Å². The summed E-state index contributed by atoms with van der Waals surface area (Å²) in [5, 5.41) is 11.2. The number of halogens is 3. The number of hydrogen-bond acceptors (Lipinski definition) is 3. The number of amides is 2. The van der Waals surface area contributed by atoms with E-state index in [9.17, 15) is 22.8 Å². The Hall–Kier alpha value is -2.56. The van der Waals surface area contributed by atoms with Gasteiger partial charge in [0.1, 0.15) is 0 Å². The number of nitriles is 1. The Morgan fingerprint density at radius 3 is 1.95 bits per heavy atom. The molecule has 2 amide bonds. The van der Waals surface area contributed by atoms with Gasteiger partial charge in [-0.25, -0.2) is 0 Å². The zero-order chi connectivity index (χ0) is 15.6. The van der Waals surface area contributed by atoms with Crippen LogP contribution in [0.3, 0.4) is 0 Å². The number of likely N-dealkylation sites (N-methyl/N-ethyl adjacent to an activating group) is 1. The number of alkyl halides is 3. The van der Waals surface area contributed by atoms with E-state index in [1.807, 2.05) is 0 Å². The van der Waals surface area contributed by atoms with E-state index in [1.165, 1.54) is 13.1 Å². The third-order valence-corrected chi connectivity index (χ3v) is 2.75. The van der Waals surface area contributed by atoms with Gasteiger partial charge in [0.15, 0.2) is 0 Å². The highest BCUT2D eigenvalue weighted by molar-refractivity contribution is 6.13. The van der Waals surface area contributed by atoms with Crippen LogP contribution < -0.4 is 11.1 Å². The molecule has 0 radical (unpaired) electrons. The van der Waals surface area contributed by atoms with E-state index in [1.54, 1.807) is 0 Å². The van der Waals surface area contributed by atoms with Crippen molar-refractivity contribution in [2.75, 3.05) is 7.05 Å². The first-order valence-electron chi connectivity index (χ1n) is 5.31. The molecule has 0 bridgehead atoms. The molecule has 1 unspecified atom stereocenters. The van der Waals surface area contributed by atoms with Gasteiger partial charge >= 0.3 is 6.18 Å². The first kappa shape index (κ1) is 15.5. The predicted molar refractivity (Wildman–Crippen MR) is 62.0 cm³/mol. The van der Waals surface area contributed by atoms with Gasteiger partial charge in [0.05, 0.1) is 11.6 Å². The van der Waals surface area contributed by atoms with Crippen LogP contribution in [0.5, 0.6) is 0 Å². The predicted octanol–water partition coefficient (Wildman–Crippen LogP) is 0.698. The quantitative estimate of drug-likeness (QED) is 0.800. The molecule has 0 aliphatic heterocycles. The van der Waals surface area contributed by atoms with Crippen LogP contribution in [0.2, 0.25) is 0 Å². The average molecular weight is 285 g/mol. The lowest BCUT2D eigenvalue weighted by molar-refractivity contribution is -0.137. The number of primary amides is 1. The van der Waals surface area contributed by atoms with Crippen molar-refractivity contribution in [1.82, 2.24) is 5.32 Å². The number of nitrogens with zero attached hydrogens (tertiary/aromatic N) is 1. The third-order valence-electron chi connectivity index (χ3n) is 2.75. The molecule has 0 fully saturated rings. The highest BCUT2D eigenvalue weighted by Crippen LogP contribution is 2.31. The maximum Gasteiger partial charge on any atom is 0.416 e. The van der Waals surface area contributed by atoms with Crippen LogP contribution in [-0.4, -0.2) is 18.9 Å². The Kier molecular flexibility index (Phi) is 4.03. The number of carbonyl (C=O) groups is 2. The molecule has 0 saturated carbocycles. The molecule has 0 spiro atoms. The van der Waals surface area contributed by atoms with Gasteiger partial charge in [-0.15, -0.1) is 0 Å². The molecular formula is C12H10F3N3O2. The van der Waals surface area contributed by atoms with E-state index in [-0.39, 0.29) is 5.56 Å². The Labute approximate surface area is 112 Å². The summed E-state index contributed by atoms with van der Waals surface area (Å²) in [6.45, 7) is 0. The highest BCUT2D eigenvalue weighted by atomic mass is 19.4. The monoisotopic (exact) mass is 285 g/mol. The zero-order valence-corrected chi connectivity index (χ0v) is 10.3. The summed E-state index contributed by atoms with van der Waals surface area (Å²) in [7, 11) is 1.18. The fourth-order valence-corrected chi connectivity index (χ4v) is 1.65. The van der Waals surface area contributed by atoms with Gasteiger partial charge in [-0.2, -0.15) is 18.4 Å². The van der Waals surface area contributed by atoms with E-state index in [0.717, 1.165) is 12.1 Å². The van der Waals surface area contributed by atoms with Gasteiger partial charge in [0.2, 0.25) is 5.41 Å². The van der Waals surface area contributed by atoms with Crippen LogP contribution in [0.4, 0.5) is 13.2 Å². The van der Waals surface area contributed by atoms with E-state index >= 15 is 0 Å². The molecule has 0 saturated heterocycles. The molecule has 1 atom stereocenters. The molecule has 106 valence electrons. The lowest BCUT2D eigenvalue weighted by atomic mass is 9.80. The zero-order valence-electron chi connectivity index (χ0n) is 10.3. The number of nitrogens with one attached hydrogen (secondary N) is 1. The molecule has 1 aromatic rings. The fraction of sp³-hybridized carbons (Fsp3) is 0.250. The molecule has 20 heavy (non-hydrogen) atoms. The average Bonchev–Trinajstić information content (AvgIpc) is 2.39. The van der Waals surface area contributed by atoms with Gasteiger partial charge in [0.25, 0.3) is 11.8 Å². The number of nitrogens with two attached hydrogens (primary N) is 1. The molecule has 3 N–H and O–H groups in total. The number of carbonyl (C=O) groups excluding carboxylic acids is 2. The van der Waals surface area contributed by atoms with Crippen molar-refractivity contribution in [1.29, 1.82) is 5.26 Å². The fourth-order valence-electron chi connectivity index (χ4n) is 1.65. The Morgan fingerprint density at radius 2 is 1.65 bits per heavy atom. The van der Waals surface area contributed by atoms with E-state index in [2.05, 4.69) is 5.32 Å². The van der Waals surface area contributed by atoms with Crippen LogP contribution in [-0.2, 0) is 21.2 Å². The SMILES string of the molecule is CNC(=O)C(C#N)(C(N)=O)c1ccc(C(F)(F)F)cc1. The maximum atomic E-state index is 12.4. The lowest BCUT2D eigenvalue weighted by Gasteiger charge is -2.21. The molecule has 5 nitrogen and oxygen atoms in total. The number of hydrogen-bond donors (Lipinski definition) is 2. The minimum atomic E-state index is -4.56. The van der Waals surface area contributed by atoms with Gasteiger partial charge in [-0.3, -0.25) is 9.59 Å². The second-order valence-corrected chi connectivity index (χ2v) is 3.88. The molecule has 0 aliphatic carbocycles. The Bertz CT molecular complexity index is 575. The molecule has 0 heterocycles. The molecule has 8 heteroatoms. The molecule has 1 rings (SSSR count). The van der Waals surface area contributed by atoms with Crippen molar-refractivity contribution in [3.05, 3.63) is 35.4 Å². The second kappa shape index (κ2) is 5.21. The lowest BCUT2D eigenvalue weighted by Crippen LogP contribution is -2.51. The topological polar surface area (TPSA) is 96.0 Å². The number of benzene rings is 1. The first-order valence-corrected chi connectivity index (χ1v) is 5.31. The summed E-state index contributed by atoms with van der Waals surface area (Å²) in [5.74, 6) is -2.27. The normalized spacial score (nSPS) is 13.9. The van der Waals surface area contributed by atoms with Crippen molar-refractivity contribution in [2.45, 2.75) is 11.6 Å². The van der Waals surface area contributed by atoms with E-state index in [4.69, 9.17) is 11.0 Å². The van der Waals surface area contributed by atoms with Crippen molar-refractivity contribution < 1.29 is 22.8 Å². The largest absolute Gasteiger partial charge is 0.416 e. The van der Waals surface area contributed by atoms with Gasteiger partial charge < -0.3 is 11.1 Å². The van der Waals surface area contributed by atoms with Crippen LogP contribution in [0.1, 0.15) is 11.1 Å². The summed E-state index contributed by atoms with van der Waals surface area (Å²) in [6.07, 6.45) is -4.56. The minimum Gasteiger partial charge on any atom is -0.368 e. The summed E-state index contributed by atoms with van der Waals surface area (Å²) in [4.78, 5) is 23.2. The van der Waals surface area contributed by atoms with Crippen molar-refractivity contribution in [2.24, 2.45) is 5.73 Å². The van der Waals surface area contributed by atoms with E-state index < -0.39 is 29.0 Å². The summed E-state index contributed by atoms with van der Waals surface area (Å²) in [6, 6.07) is 4.58. The summed E-state index contributed by atoms with van der Waals surface area (Å²) >= 11 is 0. The highest BCUT2D eigenvalue weighted by Gasteiger charge is 2.47. The van der Waals surface area contributed by atoms with Crippen molar-refractivity contribution >= 4 is 11.8 Å². The van der Waals surface area contributed by atoms with Crippen LogP contribution in [0.15, 0.2) is 24.3 Å².